The average Bonchev–Trinajstić information content (AvgIpc) is 2.76. The van der Waals surface area contributed by atoms with Crippen molar-refractivity contribution in [1.29, 1.82) is 0 Å². The van der Waals surface area contributed by atoms with Crippen LogP contribution >= 0.6 is 0 Å². The van der Waals surface area contributed by atoms with Gasteiger partial charge < -0.3 is 10.2 Å². The number of benzene rings is 1. The average molecular weight is 475 g/mol. The van der Waals surface area contributed by atoms with Crippen LogP contribution in [-0.4, -0.2) is 22.2 Å². The summed E-state index contributed by atoms with van der Waals surface area (Å²) in [6.07, 6.45) is 17.5. The summed E-state index contributed by atoms with van der Waals surface area (Å²) in [6, 6.07) is 3.35. The van der Waals surface area contributed by atoms with Crippen molar-refractivity contribution in [2.75, 3.05) is 0 Å². The number of carboxylic acid groups (broad SMARTS) is 2. The lowest BCUT2D eigenvalue weighted by molar-refractivity contribution is 0.0694. The Hall–Kier alpha value is -1.84. The Kier molecular flexibility index (Phi) is 15.6. The normalized spacial score (nSPS) is 11.5. The molecule has 0 radical (unpaired) electrons. The number of aromatic carboxylic acids is 2. The second-order valence-electron chi connectivity index (χ2n) is 10.8. The predicted molar refractivity (Wildman–Crippen MR) is 142 cm³/mol. The lowest BCUT2D eigenvalue weighted by Gasteiger charge is -2.15. The van der Waals surface area contributed by atoms with E-state index in [0.717, 1.165) is 49.5 Å². The van der Waals surface area contributed by atoms with Crippen molar-refractivity contribution < 1.29 is 19.8 Å². The number of rotatable bonds is 20. The molecule has 4 heteroatoms. The van der Waals surface area contributed by atoms with Gasteiger partial charge in [-0.3, -0.25) is 0 Å². The van der Waals surface area contributed by atoms with Gasteiger partial charge in [0.15, 0.2) is 0 Å². The van der Waals surface area contributed by atoms with Gasteiger partial charge in [0.25, 0.3) is 0 Å². The molecule has 2 N–H and O–H groups in total. The first-order valence-electron chi connectivity index (χ1n) is 13.8. The zero-order valence-corrected chi connectivity index (χ0v) is 22.3. The van der Waals surface area contributed by atoms with Gasteiger partial charge in [-0.05, 0) is 54.7 Å². The van der Waals surface area contributed by atoms with Gasteiger partial charge in [-0.1, -0.05) is 111 Å². The summed E-state index contributed by atoms with van der Waals surface area (Å²) in [7, 11) is 0. The Bertz CT molecular complexity index is 721. The van der Waals surface area contributed by atoms with Crippen LogP contribution in [-0.2, 0) is 12.8 Å². The monoisotopic (exact) mass is 474 g/mol. The first-order chi connectivity index (χ1) is 16.2. The molecule has 0 aromatic heterocycles. The molecule has 1 aromatic carbocycles. The van der Waals surface area contributed by atoms with E-state index in [2.05, 4.69) is 27.7 Å². The van der Waals surface area contributed by atoms with Gasteiger partial charge in [0.05, 0.1) is 11.1 Å². The van der Waals surface area contributed by atoms with Crippen LogP contribution in [0.15, 0.2) is 12.1 Å². The van der Waals surface area contributed by atoms with E-state index >= 15 is 0 Å². The van der Waals surface area contributed by atoms with Gasteiger partial charge in [0.1, 0.15) is 0 Å². The lowest BCUT2D eigenvalue weighted by Crippen LogP contribution is -2.13. The molecule has 0 saturated heterocycles. The number of hydrogen-bond donors (Lipinski definition) is 2. The molecule has 0 aliphatic heterocycles. The van der Waals surface area contributed by atoms with Crippen LogP contribution in [0, 0.1) is 11.8 Å². The highest BCUT2D eigenvalue weighted by molar-refractivity contribution is 5.97. The molecule has 0 spiro atoms. The van der Waals surface area contributed by atoms with Gasteiger partial charge in [-0.2, -0.15) is 0 Å². The minimum absolute atomic E-state index is 0.156. The van der Waals surface area contributed by atoms with Crippen molar-refractivity contribution in [3.05, 3.63) is 34.4 Å². The van der Waals surface area contributed by atoms with Crippen molar-refractivity contribution in [2.24, 2.45) is 11.8 Å². The standard InChI is InChI=1S/C30H50O4/c1-23(2)17-13-9-5-7-11-15-19-25-21-22-27(29(31)32)26(28(25)30(33)34)20-16-12-8-6-10-14-18-24(3)4/h21-24H,5-20H2,1-4H3,(H,31,32)(H,33,34). The summed E-state index contributed by atoms with van der Waals surface area (Å²) in [6.45, 7) is 9.03. The topological polar surface area (TPSA) is 74.6 Å². The molecule has 0 amide bonds. The second kappa shape index (κ2) is 17.6. The maximum absolute atomic E-state index is 12.1. The van der Waals surface area contributed by atoms with Crippen LogP contribution in [0.5, 0.6) is 0 Å². The number of carbonyl (C=O) groups is 2. The Balaban J connectivity index is 2.61. The zero-order chi connectivity index (χ0) is 25.3. The van der Waals surface area contributed by atoms with Crippen molar-refractivity contribution in [1.82, 2.24) is 0 Å². The van der Waals surface area contributed by atoms with Gasteiger partial charge in [-0.15, -0.1) is 0 Å². The summed E-state index contributed by atoms with van der Waals surface area (Å²) >= 11 is 0. The minimum atomic E-state index is -1.03. The fraction of sp³-hybridized carbons (Fsp3) is 0.733. The Morgan fingerprint density at radius 3 is 1.50 bits per heavy atom. The largest absolute Gasteiger partial charge is 0.478 e. The van der Waals surface area contributed by atoms with E-state index in [0.29, 0.717) is 18.4 Å². The van der Waals surface area contributed by atoms with E-state index < -0.39 is 11.9 Å². The summed E-state index contributed by atoms with van der Waals surface area (Å²) in [4.78, 5) is 24.0. The molecule has 1 rings (SSSR count). The predicted octanol–water partition coefficient (Wildman–Crippen LogP) is 8.94. The van der Waals surface area contributed by atoms with E-state index in [4.69, 9.17) is 0 Å². The second-order valence-corrected chi connectivity index (χ2v) is 10.8. The third-order valence-electron chi connectivity index (χ3n) is 6.78. The van der Waals surface area contributed by atoms with E-state index in [1.54, 1.807) is 12.1 Å². The molecular weight excluding hydrogens is 424 g/mol. The number of aryl methyl sites for hydroxylation is 1. The first-order valence-corrected chi connectivity index (χ1v) is 13.8. The smallest absolute Gasteiger partial charge is 0.336 e. The van der Waals surface area contributed by atoms with Crippen LogP contribution in [0.4, 0.5) is 0 Å². The minimum Gasteiger partial charge on any atom is -0.478 e. The summed E-state index contributed by atoms with van der Waals surface area (Å²) < 4.78 is 0. The highest BCUT2D eigenvalue weighted by Gasteiger charge is 2.21. The molecule has 0 aliphatic carbocycles. The van der Waals surface area contributed by atoms with Crippen LogP contribution in [0.2, 0.25) is 0 Å². The van der Waals surface area contributed by atoms with Crippen LogP contribution in [0.3, 0.4) is 0 Å². The van der Waals surface area contributed by atoms with Crippen LogP contribution < -0.4 is 0 Å². The van der Waals surface area contributed by atoms with Gasteiger partial charge in [0, 0.05) is 0 Å². The van der Waals surface area contributed by atoms with E-state index in [1.807, 2.05) is 0 Å². The van der Waals surface area contributed by atoms with E-state index in [9.17, 15) is 19.8 Å². The highest BCUT2D eigenvalue weighted by Crippen LogP contribution is 2.25. The third-order valence-corrected chi connectivity index (χ3v) is 6.78. The van der Waals surface area contributed by atoms with Crippen molar-refractivity contribution >= 4 is 11.9 Å². The molecule has 0 saturated carbocycles. The van der Waals surface area contributed by atoms with Crippen LogP contribution in [0.1, 0.15) is 149 Å². The SMILES string of the molecule is CC(C)CCCCCCCCc1ccc(C(=O)O)c(CCCCCCCCC(C)C)c1C(=O)O. The Morgan fingerprint density at radius 2 is 1.06 bits per heavy atom. The molecule has 194 valence electrons. The first kappa shape index (κ1) is 30.2. The van der Waals surface area contributed by atoms with E-state index in [-0.39, 0.29) is 11.1 Å². The molecule has 0 heterocycles. The summed E-state index contributed by atoms with van der Waals surface area (Å²) in [5.74, 6) is -0.493. The molecule has 0 aliphatic rings. The number of hydrogen-bond acceptors (Lipinski definition) is 2. The molecule has 0 unspecified atom stereocenters. The van der Waals surface area contributed by atoms with Crippen molar-refractivity contribution in [2.45, 2.75) is 130 Å². The lowest BCUT2D eigenvalue weighted by atomic mass is 9.89. The van der Waals surface area contributed by atoms with E-state index in [1.165, 1.54) is 57.8 Å². The maximum Gasteiger partial charge on any atom is 0.336 e. The molecule has 34 heavy (non-hydrogen) atoms. The van der Waals surface area contributed by atoms with Gasteiger partial charge >= 0.3 is 11.9 Å². The highest BCUT2D eigenvalue weighted by atomic mass is 16.4. The zero-order valence-electron chi connectivity index (χ0n) is 22.3. The summed E-state index contributed by atoms with van der Waals surface area (Å²) in [5.41, 5.74) is 1.71. The van der Waals surface area contributed by atoms with Crippen molar-refractivity contribution in [3.63, 3.8) is 0 Å². The molecule has 1 aromatic rings. The fourth-order valence-electron chi connectivity index (χ4n) is 4.77. The molecule has 0 atom stereocenters. The Morgan fingerprint density at radius 1 is 0.618 bits per heavy atom. The quantitative estimate of drug-likeness (QED) is 0.185. The third kappa shape index (κ3) is 12.6. The molecule has 0 fully saturated rings. The fourth-order valence-corrected chi connectivity index (χ4v) is 4.77. The Labute approximate surface area is 208 Å². The molecular formula is C30H50O4. The maximum atomic E-state index is 12.1. The molecule has 4 nitrogen and oxygen atoms in total. The van der Waals surface area contributed by atoms with Gasteiger partial charge in [-0.25, -0.2) is 9.59 Å². The summed E-state index contributed by atoms with van der Waals surface area (Å²) in [5, 5.41) is 19.6. The number of carboxylic acids is 2. The molecule has 0 bridgehead atoms. The van der Waals surface area contributed by atoms with Crippen LogP contribution in [0.25, 0.3) is 0 Å². The van der Waals surface area contributed by atoms with Crippen molar-refractivity contribution in [3.8, 4) is 0 Å². The number of unbranched alkanes of at least 4 members (excludes halogenated alkanes) is 10. The van der Waals surface area contributed by atoms with Gasteiger partial charge in [0.2, 0.25) is 0 Å².